The lowest BCUT2D eigenvalue weighted by molar-refractivity contribution is -0.163. The van der Waals surface area contributed by atoms with Crippen LogP contribution in [-0.2, 0) is 38.1 Å². The topological polar surface area (TPSA) is 105 Å². The number of rotatable bonds is 10. The number of carbonyl (C=O) groups excluding carboxylic acids is 4. The molecule has 1 aliphatic carbocycles. The minimum Gasteiger partial charge on any atom is -0.464 e. The smallest absolute Gasteiger partial charge is 0.343 e. The van der Waals surface area contributed by atoms with Crippen molar-refractivity contribution in [2.75, 3.05) is 7.11 Å². The molecule has 2 aliphatic heterocycles. The van der Waals surface area contributed by atoms with E-state index in [1.165, 1.54) is 20.3 Å². The molecule has 2 heterocycles. The van der Waals surface area contributed by atoms with Gasteiger partial charge in [-0.2, -0.15) is 0 Å². The monoisotopic (exact) mass is 580 g/mol. The molecule has 0 N–H and O–H groups in total. The van der Waals surface area contributed by atoms with Gasteiger partial charge in [0.25, 0.3) is 0 Å². The Balaban J connectivity index is 1.65. The molecule has 41 heavy (non-hydrogen) atoms. The van der Waals surface area contributed by atoms with Gasteiger partial charge >= 0.3 is 11.9 Å². The number of ketones is 2. The molecular formula is C32H33ClO8. The number of hydrogen-bond acceptors (Lipinski definition) is 8. The number of esters is 2. The van der Waals surface area contributed by atoms with E-state index in [4.69, 9.17) is 30.5 Å². The lowest BCUT2D eigenvalue weighted by Gasteiger charge is -2.33. The molecule has 216 valence electrons. The van der Waals surface area contributed by atoms with Crippen molar-refractivity contribution in [3.05, 3.63) is 93.5 Å². The van der Waals surface area contributed by atoms with E-state index in [9.17, 15) is 19.2 Å². The van der Waals surface area contributed by atoms with Crippen LogP contribution in [0.4, 0.5) is 0 Å². The number of methoxy groups -OCH3 is 1. The zero-order chi connectivity index (χ0) is 30.1. The highest BCUT2D eigenvalue weighted by atomic mass is 35.5. The van der Waals surface area contributed by atoms with Crippen molar-refractivity contribution in [3.63, 3.8) is 0 Å². The Morgan fingerprint density at radius 2 is 1.80 bits per heavy atom. The summed E-state index contributed by atoms with van der Waals surface area (Å²) in [5, 5.41) is -0.122. The maximum Gasteiger partial charge on any atom is 0.343 e. The molecule has 0 unspecified atom stereocenters. The van der Waals surface area contributed by atoms with Crippen LogP contribution in [0.1, 0.15) is 52.7 Å². The third-order valence-corrected chi connectivity index (χ3v) is 8.08. The zero-order valence-electron chi connectivity index (χ0n) is 23.9. The maximum atomic E-state index is 13.8. The summed E-state index contributed by atoms with van der Waals surface area (Å²) < 4.78 is 22.2. The Morgan fingerprint density at radius 3 is 2.44 bits per heavy atom. The molecule has 4 rings (SSSR count). The summed E-state index contributed by atoms with van der Waals surface area (Å²) in [6.07, 6.45) is 5.75. The molecule has 1 aromatic carbocycles. The normalized spacial score (nSPS) is 23.1. The van der Waals surface area contributed by atoms with Crippen molar-refractivity contribution in [2.45, 2.75) is 58.8 Å². The number of Topliss-reactive ketones (excluding diaryl/α,β-unsaturated/α-hetero) is 2. The molecule has 0 spiro atoms. The fourth-order valence-electron chi connectivity index (χ4n) is 4.82. The second-order valence-corrected chi connectivity index (χ2v) is 10.9. The van der Waals surface area contributed by atoms with E-state index >= 15 is 0 Å². The van der Waals surface area contributed by atoms with E-state index in [0.717, 1.165) is 6.42 Å². The molecule has 5 atom stereocenters. The van der Waals surface area contributed by atoms with Gasteiger partial charge in [0.15, 0.2) is 17.5 Å². The minimum absolute atomic E-state index is 0.0857. The van der Waals surface area contributed by atoms with Crippen LogP contribution in [0, 0.1) is 11.8 Å². The van der Waals surface area contributed by atoms with Crippen LogP contribution >= 0.6 is 11.6 Å². The Kier molecular flexibility index (Phi) is 8.85. The van der Waals surface area contributed by atoms with Crippen molar-refractivity contribution in [3.8, 4) is 0 Å². The minimum atomic E-state index is -1.80. The molecule has 0 fully saturated rings. The van der Waals surface area contributed by atoms with Crippen LogP contribution in [0.3, 0.4) is 0 Å². The van der Waals surface area contributed by atoms with Crippen molar-refractivity contribution in [2.24, 2.45) is 11.8 Å². The van der Waals surface area contributed by atoms with Crippen molar-refractivity contribution in [1.29, 1.82) is 0 Å². The number of allylic oxidation sites excluding steroid dienone is 4. The third kappa shape index (κ3) is 5.59. The summed E-state index contributed by atoms with van der Waals surface area (Å²) >= 11 is 6.49. The van der Waals surface area contributed by atoms with Crippen LogP contribution in [0.25, 0.3) is 0 Å². The third-order valence-electron chi connectivity index (χ3n) is 7.71. The number of halogens is 1. The standard InChI is InChI=1S/C32H33ClO8/c1-7-17(2)13-14-21-15-22-23(16-39-21)25-24(30(36)41-32(25,5)29(35)26(22)33)27(34)18(3)19(4)40-31(37)28(38-6)20-11-9-8-10-12-20/h8-19,28H,7H2,1-6H3/b14-13+/t17-,18+,19+,28-,32-/m0/s1. The molecule has 0 aromatic heterocycles. The van der Waals surface area contributed by atoms with Gasteiger partial charge in [-0.25, -0.2) is 9.59 Å². The Hall–Kier alpha value is -3.75. The largest absolute Gasteiger partial charge is 0.464 e. The second-order valence-electron chi connectivity index (χ2n) is 10.5. The van der Waals surface area contributed by atoms with Gasteiger partial charge in [-0.05, 0) is 37.5 Å². The van der Waals surface area contributed by atoms with E-state index in [1.807, 2.05) is 12.1 Å². The van der Waals surface area contributed by atoms with Gasteiger partial charge in [0.05, 0.1) is 17.2 Å². The summed E-state index contributed by atoms with van der Waals surface area (Å²) in [5.41, 5.74) is -0.773. The van der Waals surface area contributed by atoms with E-state index < -0.39 is 47.2 Å². The molecular weight excluding hydrogens is 548 g/mol. The quantitative estimate of drug-likeness (QED) is 0.260. The highest BCUT2D eigenvalue weighted by Crippen LogP contribution is 2.50. The summed E-state index contributed by atoms with van der Waals surface area (Å²) in [5.74, 6) is -3.11. The lowest BCUT2D eigenvalue weighted by atomic mass is 9.74. The van der Waals surface area contributed by atoms with Crippen molar-refractivity contribution < 1.29 is 38.1 Å². The number of hydrogen-bond donors (Lipinski definition) is 0. The molecule has 0 saturated heterocycles. The molecule has 0 saturated carbocycles. The van der Waals surface area contributed by atoms with E-state index in [0.29, 0.717) is 28.4 Å². The predicted molar refractivity (Wildman–Crippen MR) is 151 cm³/mol. The van der Waals surface area contributed by atoms with Gasteiger partial charge in [-0.1, -0.05) is 75.2 Å². The predicted octanol–water partition coefficient (Wildman–Crippen LogP) is 5.60. The summed E-state index contributed by atoms with van der Waals surface area (Å²) in [7, 11) is 1.39. The Bertz CT molecular complexity index is 1430. The average Bonchev–Trinajstić information content (AvgIpc) is 3.25. The lowest BCUT2D eigenvalue weighted by Crippen LogP contribution is -2.42. The molecule has 3 aliphatic rings. The van der Waals surface area contributed by atoms with Crippen molar-refractivity contribution in [1.82, 2.24) is 0 Å². The fourth-order valence-corrected chi connectivity index (χ4v) is 5.16. The molecule has 9 heteroatoms. The first-order valence-electron chi connectivity index (χ1n) is 13.5. The molecule has 0 amide bonds. The number of carbonyl (C=O) groups is 4. The first-order chi connectivity index (χ1) is 19.4. The van der Waals surface area contributed by atoms with Gasteiger partial charge in [0.1, 0.15) is 17.4 Å². The summed E-state index contributed by atoms with van der Waals surface area (Å²) in [6, 6.07) is 8.81. The molecule has 1 aromatic rings. The first-order valence-corrected chi connectivity index (χ1v) is 13.8. The van der Waals surface area contributed by atoms with Crippen LogP contribution < -0.4 is 0 Å². The Morgan fingerprint density at radius 1 is 1.12 bits per heavy atom. The van der Waals surface area contributed by atoms with Gasteiger partial charge in [0.2, 0.25) is 5.78 Å². The van der Waals surface area contributed by atoms with E-state index in [2.05, 4.69) is 13.8 Å². The second kappa shape index (κ2) is 12.0. The highest BCUT2D eigenvalue weighted by Gasteiger charge is 2.57. The number of benzene rings is 1. The first kappa shape index (κ1) is 30.2. The van der Waals surface area contributed by atoms with Crippen LogP contribution in [0.2, 0.25) is 0 Å². The average molecular weight is 581 g/mol. The van der Waals surface area contributed by atoms with Gasteiger partial charge in [-0.15, -0.1) is 0 Å². The van der Waals surface area contributed by atoms with Gasteiger partial charge in [0, 0.05) is 23.8 Å². The summed E-state index contributed by atoms with van der Waals surface area (Å²) in [6.45, 7) is 8.62. The van der Waals surface area contributed by atoms with E-state index in [-0.39, 0.29) is 16.2 Å². The van der Waals surface area contributed by atoms with Crippen LogP contribution in [0.5, 0.6) is 0 Å². The summed E-state index contributed by atoms with van der Waals surface area (Å²) in [4.78, 5) is 53.2. The zero-order valence-corrected chi connectivity index (χ0v) is 24.6. The van der Waals surface area contributed by atoms with Crippen molar-refractivity contribution >= 4 is 35.1 Å². The SMILES string of the molecule is CC[C@H](C)/C=C/C1=CC2=C(Cl)C(=O)[C@@]3(C)OC(=O)C(C(=O)[C@H](C)[C@@H](C)OC(=O)[C@@H](OC)c4ccccc4)=C3C2=CO1. The molecule has 0 radical (unpaired) electrons. The van der Waals surface area contributed by atoms with Crippen LogP contribution in [0.15, 0.2) is 87.9 Å². The van der Waals surface area contributed by atoms with Gasteiger partial charge < -0.3 is 18.9 Å². The van der Waals surface area contributed by atoms with E-state index in [1.54, 1.807) is 50.3 Å². The highest BCUT2D eigenvalue weighted by molar-refractivity contribution is 6.46. The number of fused-ring (bicyclic) bond motifs is 3. The molecule has 0 bridgehead atoms. The number of ether oxygens (including phenoxy) is 4. The Labute approximate surface area is 244 Å². The van der Waals surface area contributed by atoms with Crippen LogP contribution in [-0.4, -0.2) is 42.3 Å². The molecule has 8 nitrogen and oxygen atoms in total. The fraction of sp³-hybridized carbons (Fsp3) is 0.375. The van der Waals surface area contributed by atoms with Gasteiger partial charge in [-0.3, -0.25) is 9.59 Å². The maximum absolute atomic E-state index is 13.8.